The average Bonchev–Trinajstić information content (AvgIpc) is 2.77. The van der Waals surface area contributed by atoms with Crippen LogP contribution in [0, 0.1) is 0 Å². The lowest BCUT2D eigenvalue weighted by Crippen LogP contribution is -2.00. The molecule has 1 aromatic heterocycles. The van der Waals surface area contributed by atoms with Crippen LogP contribution < -0.4 is 0 Å². The molecule has 16 heavy (non-hydrogen) atoms. The van der Waals surface area contributed by atoms with Crippen molar-refractivity contribution in [2.45, 2.75) is 0 Å². The standard InChI is InChI=1S/C12H10ClNO2/c1-16-12(15)11-6-5-10(14-11)8-3-2-4-9(13)7-8/h2-7,14H,1H3. The molecule has 0 saturated carbocycles. The molecule has 0 atom stereocenters. The molecular formula is C12H10ClNO2. The average molecular weight is 236 g/mol. The number of aromatic nitrogens is 1. The molecule has 1 aromatic carbocycles. The molecule has 0 bridgehead atoms. The number of esters is 1. The second kappa shape index (κ2) is 4.41. The van der Waals surface area contributed by atoms with Crippen LogP contribution in [0.4, 0.5) is 0 Å². The van der Waals surface area contributed by atoms with Crippen LogP contribution in [0.2, 0.25) is 5.02 Å². The van der Waals surface area contributed by atoms with Gasteiger partial charge in [0.25, 0.3) is 0 Å². The predicted octanol–water partition coefficient (Wildman–Crippen LogP) is 3.12. The van der Waals surface area contributed by atoms with Crippen molar-refractivity contribution in [2.24, 2.45) is 0 Å². The van der Waals surface area contributed by atoms with Gasteiger partial charge in [0, 0.05) is 10.7 Å². The summed E-state index contributed by atoms with van der Waals surface area (Å²) in [5, 5.41) is 0.659. The number of methoxy groups -OCH3 is 1. The van der Waals surface area contributed by atoms with Crippen molar-refractivity contribution in [1.82, 2.24) is 4.98 Å². The van der Waals surface area contributed by atoms with Crippen LogP contribution in [0.25, 0.3) is 11.3 Å². The van der Waals surface area contributed by atoms with Gasteiger partial charge >= 0.3 is 5.97 Å². The minimum absolute atomic E-state index is 0.381. The molecule has 1 heterocycles. The van der Waals surface area contributed by atoms with Crippen LogP contribution in [0.3, 0.4) is 0 Å². The van der Waals surface area contributed by atoms with Gasteiger partial charge in [0.15, 0.2) is 0 Å². The van der Waals surface area contributed by atoms with Gasteiger partial charge < -0.3 is 9.72 Å². The topological polar surface area (TPSA) is 42.1 Å². The van der Waals surface area contributed by atoms with Crippen molar-refractivity contribution in [3.8, 4) is 11.3 Å². The Balaban J connectivity index is 2.35. The number of rotatable bonds is 2. The summed E-state index contributed by atoms with van der Waals surface area (Å²) in [6, 6.07) is 10.9. The van der Waals surface area contributed by atoms with Crippen LogP contribution >= 0.6 is 11.6 Å². The second-order valence-corrected chi connectivity index (χ2v) is 3.72. The van der Waals surface area contributed by atoms with E-state index in [1.54, 1.807) is 12.1 Å². The summed E-state index contributed by atoms with van der Waals surface area (Å²) in [5.41, 5.74) is 2.20. The number of aromatic amines is 1. The van der Waals surface area contributed by atoms with E-state index in [-0.39, 0.29) is 5.97 Å². The highest BCUT2D eigenvalue weighted by Gasteiger charge is 2.08. The van der Waals surface area contributed by atoms with Crippen LogP contribution in [0.1, 0.15) is 10.5 Å². The van der Waals surface area contributed by atoms with Gasteiger partial charge in [-0.25, -0.2) is 4.79 Å². The number of H-pyrrole nitrogens is 1. The number of carbonyl (C=O) groups is 1. The molecule has 0 unspecified atom stereocenters. The van der Waals surface area contributed by atoms with Crippen LogP contribution in [0.15, 0.2) is 36.4 Å². The van der Waals surface area contributed by atoms with Crippen LogP contribution in [-0.2, 0) is 4.74 Å². The van der Waals surface area contributed by atoms with Gasteiger partial charge in [-0.1, -0.05) is 23.7 Å². The number of hydrogen-bond acceptors (Lipinski definition) is 2. The predicted molar refractivity (Wildman–Crippen MR) is 62.6 cm³/mol. The molecule has 2 rings (SSSR count). The van der Waals surface area contributed by atoms with E-state index in [0.717, 1.165) is 11.3 Å². The fourth-order valence-electron chi connectivity index (χ4n) is 1.45. The lowest BCUT2D eigenvalue weighted by molar-refractivity contribution is 0.0595. The molecular weight excluding hydrogens is 226 g/mol. The Kier molecular flexibility index (Phi) is 2.97. The van der Waals surface area contributed by atoms with Crippen molar-refractivity contribution < 1.29 is 9.53 Å². The third kappa shape index (κ3) is 2.09. The molecule has 82 valence electrons. The monoisotopic (exact) mass is 235 g/mol. The third-order valence-electron chi connectivity index (χ3n) is 2.23. The number of carbonyl (C=O) groups excluding carboxylic acids is 1. The van der Waals surface area contributed by atoms with Gasteiger partial charge in [0.2, 0.25) is 0 Å². The summed E-state index contributed by atoms with van der Waals surface area (Å²) in [6.45, 7) is 0. The van der Waals surface area contributed by atoms with E-state index in [4.69, 9.17) is 11.6 Å². The Hall–Kier alpha value is -1.74. The van der Waals surface area contributed by atoms with E-state index < -0.39 is 0 Å². The van der Waals surface area contributed by atoms with Crippen molar-refractivity contribution in [1.29, 1.82) is 0 Å². The highest BCUT2D eigenvalue weighted by molar-refractivity contribution is 6.30. The lowest BCUT2D eigenvalue weighted by atomic mass is 10.2. The molecule has 0 aliphatic carbocycles. The van der Waals surface area contributed by atoms with Crippen LogP contribution in [-0.4, -0.2) is 18.1 Å². The van der Waals surface area contributed by atoms with Gasteiger partial charge in [-0.05, 0) is 29.8 Å². The fraction of sp³-hybridized carbons (Fsp3) is 0.0833. The molecule has 3 nitrogen and oxygen atoms in total. The number of hydrogen-bond donors (Lipinski definition) is 1. The summed E-state index contributed by atoms with van der Waals surface area (Å²) in [5.74, 6) is -0.381. The third-order valence-corrected chi connectivity index (χ3v) is 2.46. The maximum atomic E-state index is 11.2. The molecule has 0 amide bonds. The Labute approximate surface area is 98.0 Å². The molecule has 1 N–H and O–H groups in total. The molecule has 0 aliphatic heterocycles. The zero-order valence-electron chi connectivity index (χ0n) is 8.66. The Morgan fingerprint density at radius 1 is 1.31 bits per heavy atom. The first kappa shape index (κ1) is 10.8. The first-order valence-electron chi connectivity index (χ1n) is 4.74. The zero-order valence-corrected chi connectivity index (χ0v) is 9.41. The molecule has 2 aromatic rings. The number of ether oxygens (including phenoxy) is 1. The number of benzene rings is 1. The number of halogens is 1. The fourth-order valence-corrected chi connectivity index (χ4v) is 1.64. The molecule has 0 aliphatic rings. The molecule has 0 spiro atoms. The van der Waals surface area contributed by atoms with E-state index in [0.29, 0.717) is 10.7 Å². The van der Waals surface area contributed by atoms with E-state index in [9.17, 15) is 4.79 Å². The van der Waals surface area contributed by atoms with Crippen molar-refractivity contribution in [3.63, 3.8) is 0 Å². The minimum Gasteiger partial charge on any atom is -0.464 e. The quantitative estimate of drug-likeness (QED) is 0.813. The second-order valence-electron chi connectivity index (χ2n) is 3.29. The maximum absolute atomic E-state index is 11.2. The molecule has 0 saturated heterocycles. The summed E-state index contributed by atoms with van der Waals surface area (Å²) in [7, 11) is 1.35. The van der Waals surface area contributed by atoms with Gasteiger partial charge in [-0.15, -0.1) is 0 Å². The number of nitrogens with one attached hydrogen (secondary N) is 1. The van der Waals surface area contributed by atoms with Crippen LogP contribution in [0.5, 0.6) is 0 Å². The highest BCUT2D eigenvalue weighted by Crippen LogP contribution is 2.22. The SMILES string of the molecule is COC(=O)c1ccc(-c2cccc(Cl)c2)[nH]1. The summed E-state index contributed by atoms with van der Waals surface area (Å²) < 4.78 is 4.61. The molecule has 4 heteroatoms. The van der Waals surface area contributed by atoms with Gasteiger partial charge in [-0.2, -0.15) is 0 Å². The summed E-state index contributed by atoms with van der Waals surface area (Å²) in [4.78, 5) is 14.2. The van der Waals surface area contributed by atoms with E-state index in [1.807, 2.05) is 24.3 Å². The van der Waals surface area contributed by atoms with Gasteiger partial charge in [-0.3, -0.25) is 0 Å². The van der Waals surface area contributed by atoms with Crippen molar-refractivity contribution in [3.05, 3.63) is 47.1 Å². The van der Waals surface area contributed by atoms with Crippen molar-refractivity contribution >= 4 is 17.6 Å². The van der Waals surface area contributed by atoms with E-state index >= 15 is 0 Å². The van der Waals surface area contributed by atoms with Gasteiger partial charge in [0.05, 0.1) is 7.11 Å². The highest BCUT2D eigenvalue weighted by atomic mass is 35.5. The lowest BCUT2D eigenvalue weighted by Gasteiger charge is -1.99. The Bertz CT molecular complexity index is 519. The zero-order chi connectivity index (χ0) is 11.5. The Morgan fingerprint density at radius 3 is 2.81 bits per heavy atom. The first-order valence-corrected chi connectivity index (χ1v) is 5.12. The summed E-state index contributed by atoms with van der Waals surface area (Å²) >= 11 is 5.89. The van der Waals surface area contributed by atoms with Crippen molar-refractivity contribution in [2.75, 3.05) is 7.11 Å². The van der Waals surface area contributed by atoms with E-state index in [2.05, 4.69) is 9.72 Å². The largest absolute Gasteiger partial charge is 0.464 e. The van der Waals surface area contributed by atoms with Gasteiger partial charge in [0.1, 0.15) is 5.69 Å². The normalized spacial score (nSPS) is 10.1. The minimum atomic E-state index is -0.381. The first-order chi connectivity index (χ1) is 7.70. The maximum Gasteiger partial charge on any atom is 0.354 e. The van der Waals surface area contributed by atoms with E-state index in [1.165, 1.54) is 7.11 Å². The molecule has 0 radical (unpaired) electrons. The molecule has 0 fully saturated rings. The summed E-state index contributed by atoms with van der Waals surface area (Å²) in [6.07, 6.45) is 0. The smallest absolute Gasteiger partial charge is 0.354 e. The Morgan fingerprint density at radius 2 is 2.12 bits per heavy atom.